The van der Waals surface area contributed by atoms with Crippen LogP contribution < -0.4 is 5.32 Å². The number of benzene rings is 1. The number of nitrogens with zero attached hydrogens (tertiary/aromatic N) is 2. The second kappa shape index (κ2) is 4.97. The van der Waals surface area contributed by atoms with Gasteiger partial charge in [0.2, 0.25) is 5.95 Å². The van der Waals surface area contributed by atoms with Crippen molar-refractivity contribution in [1.29, 1.82) is 0 Å². The van der Waals surface area contributed by atoms with Gasteiger partial charge in [-0.05, 0) is 30.4 Å². The zero-order chi connectivity index (χ0) is 13.4. The molecule has 20 heavy (non-hydrogen) atoms. The van der Waals surface area contributed by atoms with Crippen molar-refractivity contribution in [2.24, 2.45) is 0 Å². The number of anilines is 1. The van der Waals surface area contributed by atoms with Crippen LogP contribution in [0.2, 0.25) is 0 Å². The monoisotopic (exact) mass is 267 g/mol. The molecule has 1 aromatic carbocycles. The van der Waals surface area contributed by atoms with Crippen molar-refractivity contribution >= 4 is 5.95 Å². The van der Waals surface area contributed by atoms with E-state index in [0.717, 1.165) is 12.5 Å². The van der Waals surface area contributed by atoms with E-state index < -0.39 is 0 Å². The molecule has 1 N–H and O–H groups in total. The molecule has 3 nitrogen and oxygen atoms in total. The van der Waals surface area contributed by atoms with Gasteiger partial charge in [0.25, 0.3) is 0 Å². The van der Waals surface area contributed by atoms with Crippen LogP contribution in [0.3, 0.4) is 0 Å². The van der Waals surface area contributed by atoms with Crippen LogP contribution in [0.15, 0.2) is 36.7 Å². The highest BCUT2D eigenvalue weighted by molar-refractivity contribution is 5.40. The van der Waals surface area contributed by atoms with Crippen LogP contribution in [-0.2, 0) is 13.0 Å². The van der Waals surface area contributed by atoms with Crippen molar-refractivity contribution < 1.29 is 0 Å². The number of rotatable bonds is 4. The Hall–Kier alpha value is -1.77. The molecule has 2 aromatic rings. The summed E-state index contributed by atoms with van der Waals surface area (Å²) in [7, 11) is 0. The molecule has 0 spiro atoms. The van der Waals surface area contributed by atoms with Crippen LogP contribution in [0.5, 0.6) is 0 Å². The van der Waals surface area contributed by atoms with Gasteiger partial charge in [-0.1, -0.05) is 37.1 Å². The van der Waals surface area contributed by atoms with Crippen LogP contribution in [0.25, 0.3) is 0 Å². The van der Waals surface area contributed by atoms with Crippen molar-refractivity contribution in [3.05, 3.63) is 47.8 Å². The largest absolute Gasteiger partial charge is 0.353 e. The summed E-state index contributed by atoms with van der Waals surface area (Å²) in [6.07, 6.45) is 10.5. The van der Waals surface area contributed by atoms with Gasteiger partial charge in [0, 0.05) is 30.9 Å². The first kappa shape index (κ1) is 12.0. The van der Waals surface area contributed by atoms with Crippen LogP contribution in [-0.4, -0.2) is 15.6 Å². The zero-order valence-corrected chi connectivity index (χ0v) is 11.8. The van der Waals surface area contributed by atoms with E-state index in [2.05, 4.69) is 45.3 Å². The molecule has 1 unspecified atom stereocenters. The molecule has 0 radical (unpaired) electrons. The number of imidazole rings is 1. The lowest BCUT2D eigenvalue weighted by Gasteiger charge is -2.31. The van der Waals surface area contributed by atoms with Crippen molar-refractivity contribution in [3.63, 3.8) is 0 Å². The van der Waals surface area contributed by atoms with Gasteiger partial charge in [-0.2, -0.15) is 0 Å². The summed E-state index contributed by atoms with van der Waals surface area (Å²) in [5, 5.41) is 3.62. The van der Waals surface area contributed by atoms with E-state index in [1.165, 1.54) is 43.2 Å². The number of aromatic nitrogens is 2. The molecule has 104 valence electrons. The third-order valence-electron chi connectivity index (χ3n) is 4.78. The molecule has 1 heterocycles. The number of hydrogen-bond acceptors (Lipinski definition) is 2. The maximum absolute atomic E-state index is 4.50. The quantitative estimate of drug-likeness (QED) is 0.917. The first-order chi connectivity index (χ1) is 9.90. The molecule has 0 saturated heterocycles. The topological polar surface area (TPSA) is 29.9 Å². The van der Waals surface area contributed by atoms with Crippen molar-refractivity contribution in [2.75, 3.05) is 5.32 Å². The Labute approximate surface area is 120 Å². The van der Waals surface area contributed by atoms with Gasteiger partial charge in [-0.25, -0.2) is 4.98 Å². The molecule has 1 atom stereocenters. The van der Waals surface area contributed by atoms with Gasteiger partial charge in [-0.15, -0.1) is 0 Å². The molecule has 1 fully saturated rings. The maximum atomic E-state index is 4.50. The average molecular weight is 267 g/mol. The Morgan fingerprint density at radius 2 is 2.05 bits per heavy atom. The van der Waals surface area contributed by atoms with E-state index in [4.69, 9.17) is 0 Å². The summed E-state index contributed by atoms with van der Waals surface area (Å²) in [5.41, 5.74) is 3.04. The van der Waals surface area contributed by atoms with Gasteiger partial charge in [0.05, 0.1) is 0 Å². The standard InChI is InChI=1S/C17H21N3/c1-4-8-16-13(5-1)11-14(16)12-20-10-9-18-17(20)19-15-6-2-3-7-15/h1,4-5,8-10,14-15H,2-3,6-7,11-12H2,(H,18,19). The van der Waals surface area contributed by atoms with Crippen LogP contribution in [0.1, 0.15) is 42.7 Å². The molecule has 3 heteroatoms. The lowest BCUT2D eigenvalue weighted by atomic mass is 9.77. The minimum Gasteiger partial charge on any atom is -0.353 e. The number of hydrogen-bond donors (Lipinski definition) is 1. The molecule has 0 aliphatic heterocycles. The Balaban J connectivity index is 1.46. The van der Waals surface area contributed by atoms with Gasteiger partial charge in [0.15, 0.2) is 0 Å². The van der Waals surface area contributed by atoms with Crippen LogP contribution >= 0.6 is 0 Å². The Morgan fingerprint density at radius 1 is 1.20 bits per heavy atom. The summed E-state index contributed by atoms with van der Waals surface area (Å²) < 4.78 is 2.29. The fraction of sp³-hybridized carbons (Fsp3) is 0.471. The fourth-order valence-corrected chi connectivity index (χ4v) is 3.61. The Bertz CT molecular complexity index is 596. The predicted molar refractivity (Wildman–Crippen MR) is 81.0 cm³/mol. The predicted octanol–water partition coefficient (Wildman–Crippen LogP) is 3.58. The highest BCUT2D eigenvalue weighted by Crippen LogP contribution is 2.36. The number of fused-ring (bicyclic) bond motifs is 1. The SMILES string of the molecule is c1ccc2c(c1)CC2Cn1ccnc1NC1CCCC1. The van der Waals surface area contributed by atoms with Gasteiger partial charge in [-0.3, -0.25) is 0 Å². The third-order valence-corrected chi connectivity index (χ3v) is 4.78. The molecular weight excluding hydrogens is 246 g/mol. The highest BCUT2D eigenvalue weighted by atomic mass is 15.2. The number of nitrogens with one attached hydrogen (secondary N) is 1. The van der Waals surface area contributed by atoms with Crippen molar-refractivity contribution in [3.8, 4) is 0 Å². The average Bonchev–Trinajstić information content (AvgIpc) is 3.09. The molecule has 2 aliphatic rings. The van der Waals surface area contributed by atoms with Gasteiger partial charge in [0.1, 0.15) is 0 Å². The van der Waals surface area contributed by atoms with Crippen LogP contribution in [0.4, 0.5) is 5.95 Å². The summed E-state index contributed by atoms with van der Waals surface area (Å²) in [5.74, 6) is 1.71. The van der Waals surface area contributed by atoms with Crippen molar-refractivity contribution in [1.82, 2.24) is 9.55 Å². The van der Waals surface area contributed by atoms with E-state index in [-0.39, 0.29) is 0 Å². The molecule has 2 aliphatic carbocycles. The van der Waals surface area contributed by atoms with Gasteiger partial charge >= 0.3 is 0 Å². The molecule has 0 amide bonds. The smallest absolute Gasteiger partial charge is 0.203 e. The summed E-state index contributed by atoms with van der Waals surface area (Å²) in [4.78, 5) is 4.50. The van der Waals surface area contributed by atoms with E-state index in [9.17, 15) is 0 Å². The van der Waals surface area contributed by atoms with E-state index >= 15 is 0 Å². The molecule has 1 saturated carbocycles. The first-order valence-electron chi connectivity index (χ1n) is 7.75. The maximum Gasteiger partial charge on any atom is 0.203 e. The third kappa shape index (κ3) is 2.11. The van der Waals surface area contributed by atoms with Gasteiger partial charge < -0.3 is 9.88 Å². The van der Waals surface area contributed by atoms with E-state index in [0.29, 0.717) is 12.0 Å². The Kier molecular flexibility index (Phi) is 2.98. The first-order valence-corrected chi connectivity index (χ1v) is 7.75. The van der Waals surface area contributed by atoms with Crippen LogP contribution in [0, 0.1) is 0 Å². The molecular formula is C17H21N3. The summed E-state index contributed by atoms with van der Waals surface area (Å²) in [6.45, 7) is 1.05. The molecule has 0 bridgehead atoms. The summed E-state index contributed by atoms with van der Waals surface area (Å²) >= 11 is 0. The lowest BCUT2D eigenvalue weighted by Crippen LogP contribution is -2.24. The Morgan fingerprint density at radius 3 is 2.90 bits per heavy atom. The minimum atomic E-state index is 0.629. The zero-order valence-electron chi connectivity index (χ0n) is 11.8. The normalized spacial score (nSPS) is 21.5. The van der Waals surface area contributed by atoms with E-state index in [1.807, 2.05) is 6.20 Å². The second-order valence-electron chi connectivity index (χ2n) is 6.13. The fourth-order valence-electron chi connectivity index (χ4n) is 3.61. The van der Waals surface area contributed by atoms with E-state index in [1.54, 1.807) is 0 Å². The minimum absolute atomic E-state index is 0.629. The molecule has 4 rings (SSSR count). The summed E-state index contributed by atoms with van der Waals surface area (Å²) in [6, 6.07) is 9.43. The highest BCUT2D eigenvalue weighted by Gasteiger charge is 2.26. The lowest BCUT2D eigenvalue weighted by molar-refractivity contribution is 0.509. The van der Waals surface area contributed by atoms with Crippen molar-refractivity contribution in [2.45, 2.75) is 50.6 Å². The second-order valence-corrected chi connectivity index (χ2v) is 6.13. The molecule has 1 aromatic heterocycles.